The van der Waals surface area contributed by atoms with Crippen LogP contribution in [0.5, 0.6) is 5.75 Å². The summed E-state index contributed by atoms with van der Waals surface area (Å²) >= 11 is 0. The summed E-state index contributed by atoms with van der Waals surface area (Å²) in [6.45, 7) is -1.78. The number of carbonyl (C=O) groups is 1. The molecule has 0 aliphatic rings. The number of carbonyl (C=O) groups excluding carboxylic acids is 1. The zero-order chi connectivity index (χ0) is 15.3. The molecule has 0 heterocycles. The number of aliphatic hydroxyl groups excluding tert-OH is 1. The summed E-state index contributed by atoms with van der Waals surface area (Å²) in [4.78, 5) is 13.0. The molecule has 0 saturated heterocycles. The fourth-order valence-electron chi connectivity index (χ4n) is 1.32. The molecular weight excluding hydrogens is 277 g/mol. The molecular formula is C12H15F3N2O3. The van der Waals surface area contributed by atoms with Crippen molar-refractivity contribution in [3.8, 4) is 5.75 Å². The largest absolute Gasteiger partial charge is 0.433 e. The lowest BCUT2D eigenvalue weighted by Gasteiger charge is -2.24. The minimum atomic E-state index is -3.09. The molecule has 0 saturated carbocycles. The van der Waals surface area contributed by atoms with Crippen LogP contribution >= 0.6 is 0 Å². The molecule has 0 aromatic heterocycles. The highest BCUT2D eigenvalue weighted by Crippen LogP contribution is 2.27. The van der Waals surface area contributed by atoms with E-state index in [-0.39, 0.29) is 18.0 Å². The monoisotopic (exact) mass is 292 g/mol. The second kappa shape index (κ2) is 6.99. The van der Waals surface area contributed by atoms with Gasteiger partial charge in [0.25, 0.3) is 0 Å². The number of benzene rings is 1. The Bertz CT molecular complexity index is 471. The number of amides is 2. The van der Waals surface area contributed by atoms with E-state index in [2.05, 4.69) is 10.1 Å². The summed E-state index contributed by atoms with van der Waals surface area (Å²) in [5.41, 5.74) is -0.215. The van der Waals surface area contributed by atoms with Crippen LogP contribution in [0.3, 0.4) is 0 Å². The maximum Gasteiger partial charge on any atom is 0.387 e. The minimum absolute atomic E-state index is 0.215. The summed E-state index contributed by atoms with van der Waals surface area (Å²) < 4.78 is 41.7. The lowest BCUT2D eigenvalue weighted by atomic mass is 10.3. The molecule has 8 heteroatoms. The van der Waals surface area contributed by atoms with Crippen molar-refractivity contribution in [1.29, 1.82) is 0 Å². The number of hydrogen-bond donors (Lipinski definition) is 2. The van der Waals surface area contributed by atoms with E-state index < -0.39 is 24.5 Å². The van der Waals surface area contributed by atoms with Crippen LogP contribution in [0.4, 0.5) is 23.7 Å². The first-order chi connectivity index (χ1) is 9.35. The molecule has 0 bridgehead atoms. The highest BCUT2D eigenvalue weighted by atomic mass is 19.3. The number of ether oxygens (including phenoxy) is 1. The Labute approximate surface area is 113 Å². The van der Waals surface area contributed by atoms with Crippen LogP contribution in [0, 0.1) is 5.82 Å². The Balaban J connectivity index is 2.90. The van der Waals surface area contributed by atoms with E-state index >= 15 is 0 Å². The van der Waals surface area contributed by atoms with E-state index in [9.17, 15) is 18.0 Å². The quantitative estimate of drug-likeness (QED) is 0.875. The van der Waals surface area contributed by atoms with Gasteiger partial charge in [-0.05, 0) is 19.1 Å². The number of halogens is 3. The summed E-state index contributed by atoms with van der Waals surface area (Å²) in [5, 5.41) is 11.2. The number of nitrogens with zero attached hydrogens (tertiary/aromatic N) is 1. The van der Waals surface area contributed by atoms with Crippen molar-refractivity contribution in [2.24, 2.45) is 0 Å². The molecule has 0 spiro atoms. The molecule has 112 valence electrons. The lowest BCUT2D eigenvalue weighted by molar-refractivity contribution is -0.0494. The predicted octanol–water partition coefficient (Wildman–Crippen LogP) is 2.27. The lowest BCUT2D eigenvalue weighted by Crippen LogP contribution is -2.40. The standard InChI is InChI=1S/C12H15F3N2O3/c1-7(6-18)17(2)12(19)16-9-5-8(13)3-4-10(9)20-11(14)15/h3-5,7,11,18H,6H2,1-2H3,(H,16,19). The summed E-state index contributed by atoms with van der Waals surface area (Å²) in [7, 11) is 1.41. The third-order valence-corrected chi connectivity index (χ3v) is 2.64. The molecule has 2 amide bonds. The van der Waals surface area contributed by atoms with Gasteiger partial charge >= 0.3 is 12.6 Å². The first-order valence-electron chi connectivity index (χ1n) is 5.74. The van der Waals surface area contributed by atoms with Gasteiger partial charge in [-0.1, -0.05) is 0 Å². The van der Waals surface area contributed by atoms with Crippen LogP contribution in [0.2, 0.25) is 0 Å². The van der Waals surface area contributed by atoms with Crippen molar-refractivity contribution in [3.05, 3.63) is 24.0 Å². The number of anilines is 1. The molecule has 1 atom stereocenters. The van der Waals surface area contributed by atoms with Crippen molar-refractivity contribution in [2.45, 2.75) is 19.6 Å². The van der Waals surface area contributed by atoms with Crippen LogP contribution < -0.4 is 10.1 Å². The van der Waals surface area contributed by atoms with E-state index in [1.165, 1.54) is 7.05 Å². The maximum atomic E-state index is 13.1. The van der Waals surface area contributed by atoms with Crippen LogP contribution in [-0.2, 0) is 0 Å². The zero-order valence-electron chi connectivity index (χ0n) is 10.9. The van der Waals surface area contributed by atoms with Gasteiger partial charge in [-0.25, -0.2) is 9.18 Å². The van der Waals surface area contributed by atoms with Crippen molar-refractivity contribution < 1.29 is 27.8 Å². The first-order valence-corrected chi connectivity index (χ1v) is 5.74. The Hall–Kier alpha value is -1.96. The Morgan fingerprint density at radius 1 is 1.50 bits per heavy atom. The molecule has 1 aromatic carbocycles. The van der Waals surface area contributed by atoms with Crippen LogP contribution in [-0.4, -0.2) is 42.3 Å². The third-order valence-electron chi connectivity index (χ3n) is 2.64. The highest BCUT2D eigenvalue weighted by Gasteiger charge is 2.18. The smallest absolute Gasteiger partial charge is 0.387 e. The normalized spacial score (nSPS) is 12.2. The van der Waals surface area contributed by atoms with E-state index in [0.29, 0.717) is 0 Å². The van der Waals surface area contributed by atoms with E-state index in [1.807, 2.05) is 0 Å². The SMILES string of the molecule is CC(CO)N(C)C(=O)Nc1cc(F)ccc1OC(F)F. The Morgan fingerprint density at radius 3 is 2.70 bits per heavy atom. The number of urea groups is 1. The Kier molecular flexibility index (Phi) is 5.63. The van der Waals surface area contributed by atoms with Crippen molar-refractivity contribution in [2.75, 3.05) is 19.0 Å². The molecule has 1 unspecified atom stereocenters. The second-order valence-corrected chi connectivity index (χ2v) is 4.09. The predicted molar refractivity (Wildman–Crippen MR) is 66.4 cm³/mol. The molecule has 0 radical (unpaired) electrons. The Morgan fingerprint density at radius 2 is 2.15 bits per heavy atom. The second-order valence-electron chi connectivity index (χ2n) is 4.09. The number of hydrogen-bond acceptors (Lipinski definition) is 3. The maximum absolute atomic E-state index is 13.1. The van der Waals surface area contributed by atoms with Crippen LogP contribution in [0.1, 0.15) is 6.92 Å². The number of likely N-dealkylation sites (N-methyl/N-ethyl adjacent to an activating group) is 1. The van der Waals surface area contributed by atoms with Crippen molar-refractivity contribution >= 4 is 11.7 Å². The zero-order valence-corrected chi connectivity index (χ0v) is 10.9. The van der Waals surface area contributed by atoms with Crippen LogP contribution in [0.15, 0.2) is 18.2 Å². The summed E-state index contributed by atoms with van der Waals surface area (Å²) in [6.07, 6.45) is 0. The van der Waals surface area contributed by atoms with Crippen molar-refractivity contribution in [3.63, 3.8) is 0 Å². The van der Waals surface area contributed by atoms with E-state index in [4.69, 9.17) is 5.11 Å². The fraction of sp³-hybridized carbons (Fsp3) is 0.417. The van der Waals surface area contributed by atoms with E-state index in [1.54, 1.807) is 6.92 Å². The number of alkyl halides is 2. The van der Waals surface area contributed by atoms with Gasteiger partial charge in [0.15, 0.2) is 0 Å². The van der Waals surface area contributed by atoms with Crippen LogP contribution in [0.25, 0.3) is 0 Å². The van der Waals surface area contributed by atoms with Crippen molar-refractivity contribution in [1.82, 2.24) is 4.90 Å². The third kappa shape index (κ3) is 4.30. The molecule has 1 rings (SSSR count). The van der Waals surface area contributed by atoms with Gasteiger partial charge in [-0.2, -0.15) is 8.78 Å². The topological polar surface area (TPSA) is 61.8 Å². The van der Waals surface area contributed by atoms with Gasteiger partial charge in [0, 0.05) is 13.1 Å². The van der Waals surface area contributed by atoms with Gasteiger partial charge in [0.05, 0.1) is 18.3 Å². The van der Waals surface area contributed by atoms with Gasteiger partial charge < -0.3 is 20.1 Å². The van der Waals surface area contributed by atoms with Gasteiger partial charge in [-0.3, -0.25) is 0 Å². The van der Waals surface area contributed by atoms with Gasteiger partial charge in [0.1, 0.15) is 11.6 Å². The molecule has 5 nitrogen and oxygen atoms in total. The summed E-state index contributed by atoms with van der Waals surface area (Å²) in [6, 6.07) is 1.63. The number of nitrogens with one attached hydrogen (secondary N) is 1. The average Bonchev–Trinajstić information content (AvgIpc) is 2.39. The molecule has 0 aliphatic heterocycles. The van der Waals surface area contributed by atoms with E-state index in [0.717, 1.165) is 23.1 Å². The molecule has 20 heavy (non-hydrogen) atoms. The number of rotatable bonds is 5. The van der Waals surface area contributed by atoms with Gasteiger partial charge in [0.2, 0.25) is 0 Å². The number of aliphatic hydroxyl groups is 1. The van der Waals surface area contributed by atoms with Gasteiger partial charge in [-0.15, -0.1) is 0 Å². The molecule has 2 N–H and O–H groups in total. The fourth-order valence-corrected chi connectivity index (χ4v) is 1.32. The minimum Gasteiger partial charge on any atom is -0.433 e. The highest BCUT2D eigenvalue weighted by molar-refractivity contribution is 5.91. The molecule has 0 aliphatic carbocycles. The average molecular weight is 292 g/mol. The molecule has 1 aromatic rings. The first kappa shape index (κ1) is 16.1. The summed E-state index contributed by atoms with van der Waals surface area (Å²) in [5.74, 6) is -1.06. The molecule has 0 fully saturated rings.